The first kappa shape index (κ1) is 18.3. The molecule has 2 rings (SSSR count). The number of amides is 1. The van der Waals surface area contributed by atoms with E-state index >= 15 is 0 Å². The zero-order chi connectivity index (χ0) is 17.9. The number of aliphatic hydroxyl groups is 1. The van der Waals surface area contributed by atoms with Crippen LogP contribution in [0.25, 0.3) is 10.8 Å². The molecule has 2 atom stereocenters. The number of hydrogen-bond acceptors (Lipinski definition) is 3. The van der Waals surface area contributed by atoms with Crippen molar-refractivity contribution in [1.82, 2.24) is 5.32 Å². The molecule has 0 saturated carbocycles. The number of carbonyl (C=O) groups excluding carboxylic acids is 1. The molecule has 4 heteroatoms. The van der Waals surface area contributed by atoms with E-state index in [-0.39, 0.29) is 24.3 Å². The van der Waals surface area contributed by atoms with Gasteiger partial charge in [-0.25, -0.2) is 0 Å². The zero-order valence-corrected chi connectivity index (χ0v) is 15.1. The predicted molar refractivity (Wildman–Crippen MR) is 97.4 cm³/mol. The normalized spacial score (nSPS) is 15.1. The van der Waals surface area contributed by atoms with Gasteiger partial charge in [-0.2, -0.15) is 0 Å². The van der Waals surface area contributed by atoms with Gasteiger partial charge in [0.15, 0.2) is 0 Å². The summed E-state index contributed by atoms with van der Waals surface area (Å²) in [6.07, 6.45) is 0. The summed E-state index contributed by atoms with van der Waals surface area (Å²) in [6.45, 7) is 7.75. The molecule has 0 aromatic heterocycles. The monoisotopic (exact) mass is 329 g/mol. The first-order valence-electron chi connectivity index (χ1n) is 8.32. The molecule has 0 aliphatic carbocycles. The minimum Gasteiger partial charge on any atom is -0.497 e. The lowest BCUT2D eigenvalue weighted by molar-refractivity contribution is -0.123. The molecule has 0 bridgehead atoms. The molecular weight excluding hydrogens is 302 g/mol. The molecule has 0 aliphatic heterocycles. The van der Waals surface area contributed by atoms with E-state index in [4.69, 9.17) is 4.74 Å². The summed E-state index contributed by atoms with van der Waals surface area (Å²) in [5.41, 5.74) is 0.0457. The first-order chi connectivity index (χ1) is 11.2. The number of nitrogens with one attached hydrogen (secondary N) is 1. The Kier molecular flexibility index (Phi) is 5.50. The second-order valence-corrected chi connectivity index (χ2v) is 6.92. The third kappa shape index (κ3) is 4.06. The molecule has 0 aliphatic rings. The van der Waals surface area contributed by atoms with Crippen LogP contribution in [-0.2, 0) is 4.79 Å². The van der Waals surface area contributed by atoms with Crippen molar-refractivity contribution in [2.45, 2.75) is 39.2 Å². The smallest absolute Gasteiger partial charge is 0.227 e. The number of carbonyl (C=O) groups is 1. The molecule has 0 heterocycles. The summed E-state index contributed by atoms with van der Waals surface area (Å²) < 4.78 is 5.23. The summed E-state index contributed by atoms with van der Waals surface area (Å²) in [4.78, 5) is 12.4. The van der Waals surface area contributed by atoms with E-state index in [1.54, 1.807) is 14.0 Å². The van der Waals surface area contributed by atoms with E-state index in [2.05, 4.69) is 5.32 Å². The van der Waals surface area contributed by atoms with Crippen molar-refractivity contribution in [1.29, 1.82) is 0 Å². The van der Waals surface area contributed by atoms with Gasteiger partial charge in [0.05, 0.1) is 18.6 Å². The fraction of sp³-hybridized carbons (Fsp3) is 0.450. The van der Waals surface area contributed by atoms with Crippen LogP contribution >= 0.6 is 0 Å². The first-order valence-corrected chi connectivity index (χ1v) is 8.32. The highest BCUT2D eigenvalue weighted by Crippen LogP contribution is 2.25. The molecule has 24 heavy (non-hydrogen) atoms. The Bertz CT molecular complexity index is 722. The van der Waals surface area contributed by atoms with Crippen molar-refractivity contribution in [3.8, 4) is 5.75 Å². The molecule has 2 N–H and O–H groups in total. The molecule has 1 unspecified atom stereocenters. The molecule has 4 nitrogen and oxygen atoms in total. The Balaban J connectivity index is 2.12. The predicted octanol–water partition coefficient (Wildman–Crippen LogP) is 3.48. The topological polar surface area (TPSA) is 58.6 Å². The SMILES string of the molecule is COc1ccc2cc([C@H](C)C(=O)NCC(C)(O)C(C)C)ccc2c1. The minimum absolute atomic E-state index is 0.0729. The maximum atomic E-state index is 12.4. The lowest BCUT2D eigenvalue weighted by Crippen LogP contribution is -2.45. The second kappa shape index (κ2) is 7.22. The van der Waals surface area contributed by atoms with Gasteiger partial charge in [-0.05, 0) is 48.2 Å². The molecule has 0 radical (unpaired) electrons. The molecule has 130 valence electrons. The van der Waals surface area contributed by atoms with Gasteiger partial charge in [0.2, 0.25) is 5.91 Å². The standard InChI is InChI=1S/C20H27NO3/c1-13(2)20(4,23)12-21-19(22)14(3)15-6-7-17-11-18(24-5)9-8-16(17)10-15/h6-11,13-14,23H,12H2,1-5H3,(H,21,22)/t14-,20?/m0/s1. The van der Waals surface area contributed by atoms with Crippen LogP contribution in [0.3, 0.4) is 0 Å². The zero-order valence-electron chi connectivity index (χ0n) is 15.1. The van der Waals surface area contributed by atoms with Crippen LogP contribution in [0.1, 0.15) is 39.2 Å². The number of benzene rings is 2. The number of methoxy groups -OCH3 is 1. The highest BCUT2D eigenvalue weighted by Gasteiger charge is 2.26. The van der Waals surface area contributed by atoms with E-state index < -0.39 is 5.60 Å². The average molecular weight is 329 g/mol. The van der Waals surface area contributed by atoms with Crippen molar-refractivity contribution in [2.24, 2.45) is 5.92 Å². The highest BCUT2D eigenvalue weighted by molar-refractivity contribution is 5.88. The Morgan fingerprint density at radius 2 is 1.79 bits per heavy atom. The van der Waals surface area contributed by atoms with Gasteiger partial charge in [-0.3, -0.25) is 4.79 Å². The van der Waals surface area contributed by atoms with Crippen molar-refractivity contribution in [3.63, 3.8) is 0 Å². The molecule has 2 aromatic rings. The Hall–Kier alpha value is -2.07. The summed E-state index contributed by atoms with van der Waals surface area (Å²) in [5, 5.41) is 15.3. The Morgan fingerprint density at radius 3 is 2.42 bits per heavy atom. The van der Waals surface area contributed by atoms with Gasteiger partial charge >= 0.3 is 0 Å². The fourth-order valence-corrected chi connectivity index (χ4v) is 2.41. The summed E-state index contributed by atoms with van der Waals surface area (Å²) in [6, 6.07) is 11.9. The van der Waals surface area contributed by atoms with E-state index in [1.165, 1.54) is 0 Å². The van der Waals surface area contributed by atoms with E-state index in [9.17, 15) is 9.90 Å². The maximum Gasteiger partial charge on any atom is 0.227 e. The molecule has 0 spiro atoms. The van der Waals surface area contributed by atoms with Crippen LogP contribution in [0.15, 0.2) is 36.4 Å². The van der Waals surface area contributed by atoms with Crippen LogP contribution in [0.4, 0.5) is 0 Å². The number of ether oxygens (including phenoxy) is 1. The van der Waals surface area contributed by atoms with Gasteiger partial charge in [0.1, 0.15) is 5.75 Å². The summed E-state index contributed by atoms with van der Waals surface area (Å²) in [5.74, 6) is 0.531. The molecule has 0 saturated heterocycles. The second-order valence-electron chi connectivity index (χ2n) is 6.92. The average Bonchev–Trinajstić information content (AvgIpc) is 2.57. The van der Waals surface area contributed by atoms with Crippen LogP contribution in [-0.4, -0.2) is 30.3 Å². The van der Waals surface area contributed by atoms with E-state index in [0.29, 0.717) is 0 Å². The number of fused-ring (bicyclic) bond motifs is 1. The van der Waals surface area contributed by atoms with Crippen molar-refractivity contribution in [3.05, 3.63) is 42.0 Å². The van der Waals surface area contributed by atoms with Crippen LogP contribution in [0.2, 0.25) is 0 Å². The van der Waals surface area contributed by atoms with Crippen LogP contribution in [0.5, 0.6) is 5.75 Å². The molecule has 2 aromatic carbocycles. The van der Waals surface area contributed by atoms with Gasteiger partial charge < -0.3 is 15.2 Å². The van der Waals surface area contributed by atoms with Crippen LogP contribution in [0, 0.1) is 5.92 Å². The maximum absolute atomic E-state index is 12.4. The quantitative estimate of drug-likeness (QED) is 0.853. The molecule has 0 fully saturated rings. The van der Waals surface area contributed by atoms with Gasteiger partial charge in [-0.15, -0.1) is 0 Å². The number of hydrogen-bond donors (Lipinski definition) is 2. The minimum atomic E-state index is -0.907. The Labute approximate surface area is 143 Å². The third-order valence-corrected chi connectivity index (χ3v) is 4.83. The fourth-order valence-electron chi connectivity index (χ4n) is 2.41. The van der Waals surface area contributed by atoms with Crippen molar-refractivity contribution >= 4 is 16.7 Å². The molecule has 1 amide bonds. The van der Waals surface area contributed by atoms with E-state index in [0.717, 1.165) is 22.1 Å². The van der Waals surface area contributed by atoms with Gasteiger partial charge in [-0.1, -0.05) is 38.1 Å². The van der Waals surface area contributed by atoms with Crippen LogP contribution < -0.4 is 10.1 Å². The highest BCUT2D eigenvalue weighted by atomic mass is 16.5. The Morgan fingerprint density at radius 1 is 1.17 bits per heavy atom. The van der Waals surface area contributed by atoms with Crippen molar-refractivity contribution < 1.29 is 14.6 Å². The van der Waals surface area contributed by atoms with Gasteiger partial charge in [0, 0.05) is 6.54 Å². The van der Waals surface area contributed by atoms with Gasteiger partial charge in [0.25, 0.3) is 0 Å². The lowest BCUT2D eigenvalue weighted by atomic mass is 9.92. The third-order valence-electron chi connectivity index (χ3n) is 4.83. The summed E-state index contributed by atoms with van der Waals surface area (Å²) in [7, 11) is 1.65. The van der Waals surface area contributed by atoms with Crippen molar-refractivity contribution in [2.75, 3.05) is 13.7 Å². The largest absolute Gasteiger partial charge is 0.497 e. The lowest BCUT2D eigenvalue weighted by Gasteiger charge is -2.28. The van der Waals surface area contributed by atoms with E-state index in [1.807, 2.05) is 57.2 Å². The number of rotatable bonds is 6. The molecular formula is C20H27NO3. The summed E-state index contributed by atoms with van der Waals surface area (Å²) >= 11 is 0.